The van der Waals surface area contributed by atoms with Gasteiger partial charge in [0.15, 0.2) is 16.6 Å². The molecule has 0 saturated heterocycles. The highest BCUT2D eigenvalue weighted by molar-refractivity contribution is 6.94. The highest BCUT2D eigenvalue weighted by Gasteiger charge is 2.44. The van der Waals surface area contributed by atoms with Crippen LogP contribution in [0.1, 0.15) is 26.2 Å². The van der Waals surface area contributed by atoms with Gasteiger partial charge in [-0.15, -0.1) is 0 Å². The van der Waals surface area contributed by atoms with E-state index in [1.165, 1.54) is 24.1 Å². The van der Waals surface area contributed by atoms with Gasteiger partial charge in [-0.05, 0) is 56.4 Å². The van der Waals surface area contributed by atoms with Crippen LogP contribution in [0.2, 0.25) is 44.8 Å². The average molecular weight is 429 g/mol. The molecule has 0 aliphatic heterocycles. The van der Waals surface area contributed by atoms with Gasteiger partial charge in [0, 0.05) is 6.61 Å². The van der Waals surface area contributed by atoms with E-state index in [-0.39, 0.29) is 6.61 Å². The van der Waals surface area contributed by atoms with E-state index in [1.807, 2.05) is 0 Å². The Morgan fingerprint density at radius 1 is 0.815 bits per heavy atom. The monoisotopic (exact) mass is 428 g/mol. The highest BCUT2D eigenvalue weighted by Crippen LogP contribution is 2.26. The summed E-state index contributed by atoms with van der Waals surface area (Å²) in [7, 11) is -6.16. The minimum absolute atomic E-state index is 0.0849. The Kier molecular flexibility index (Phi) is 10.7. The van der Waals surface area contributed by atoms with Gasteiger partial charge >= 0.3 is 8.56 Å². The van der Waals surface area contributed by atoms with Crippen molar-refractivity contribution in [2.24, 2.45) is 0 Å². The summed E-state index contributed by atoms with van der Waals surface area (Å²) in [5.74, 6) is 0. The number of unbranched alkanes of at least 4 members (excludes halogenated alkanes) is 1. The smallest absolute Gasteiger partial charge is 0.348 e. The Hall–Kier alpha value is -0.289. The molecule has 1 unspecified atom stereocenters. The summed E-state index contributed by atoms with van der Waals surface area (Å²) in [6, 6.07) is 12.8. The molecule has 156 valence electrons. The van der Waals surface area contributed by atoms with Crippen molar-refractivity contribution in [3.05, 3.63) is 30.3 Å². The molecule has 0 amide bonds. The largest absolute Gasteiger partial charge is 0.433 e. The van der Waals surface area contributed by atoms with Crippen molar-refractivity contribution in [1.29, 1.82) is 0 Å². The van der Waals surface area contributed by atoms with Gasteiger partial charge in [-0.1, -0.05) is 50.1 Å². The van der Waals surface area contributed by atoms with Crippen LogP contribution in [0.3, 0.4) is 0 Å². The first-order valence-electron chi connectivity index (χ1n) is 10.3. The molecule has 0 heterocycles. The second kappa shape index (κ2) is 11.6. The number of aliphatic hydroxyl groups excluding tert-OH is 1. The predicted octanol–water partition coefficient (Wildman–Crippen LogP) is 4.61. The Morgan fingerprint density at radius 3 is 1.89 bits per heavy atom. The molecular weight excluding hydrogens is 388 g/mol. The third kappa shape index (κ3) is 9.65. The van der Waals surface area contributed by atoms with Crippen LogP contribution in [0, 0.1) is 0 Å². The number of ether oxygens (including phenoxy) is 1. The second-order valence-corrected chi connectivity index (χ2v) is 20.7. The molecule has 27 heavy (non-hydrogen) atoms. The van der Waals surface area contributed by atoms with E-state index < -0.39 is 25.2 Å². The van der Waals surface area contributed by atoms with Crippen LogP contribution >= 0.6 is 0 Å². The quantitative estimate of drug-likeness (QED) is 0.347. The number of aliphatic hydroxyl groups is 1. The van der Waals surface area contributed by atoms with Crippen molar-refractivity contribution in [3.8, 4) is 0 Å². The molecular formula is C20H40O4Si3. The first kappa shape index (κ1) is 24.7. The summed E-state index contributed by atoms with van der Waals surface area (Å²) in [5, 5.41) is 10.1. The summed E-state index contributed by atoms with van der Waals surface area (Å²) >= 11 is 0. The van der Waals surface area contributed by atoms with Gasteiger partial charge in [-0.3, -0.25) is 0 Å². The summed E-state index contributed by atoms with van der Waals surface area (Å²) in [5.41, 5.74) is 0. The molecule has 7 heteroatoms. The molecule has 0 saturated carbocycles. The molecule has 0 bridgehead atoms. The summed E-state index contributed by atoms with van der Waals surface area (Å²) < 4.78 is 19.3. The number of rotatable bonds is 14. The molecule has 1 N–H and O–H groups in total. The van der Waals surface area contributed by atoms with E-state index in [0.29, 0.717) is 13.2 Å². The number of hydrogen-bond donors (Lipinski definition) is 1. The summed E-state index contributed by atoms with van der Waals surface area (Å²) in [4.78, 5) is 0. The average Bonchev–Trinajstić information content (AvgIpc) is 2.59. The lowest BCUT2D eigenvalue weighted by molar-refractivity contribution is 0.0924. The van der Waals surface area contributed by atoms with Crippen LogP contribution in [0.5, 0.6) is 0 Å². The summed E-state index contributed by atoms with van der Waals surface area (Å²) in [6.07, 6.45) is 3.40. The molecule has 4 nitrogen and oxygen atoms in total. The normalized spacial score (nSPS) is 14.9. The Labute approximate surface area is 169 Å². The molecule has 1 aromatic rings. The Morgan fingerprint density at radius 2 is 1.37 bits per heavy atom. The van der Waals surface area contributed by atoms with Crippen molar-refractivity contribution < 1.29 is 18.1 Å². The lowest BCUT2D eigenvalue weighted by Gasteiger charge is -2.41. The zero-order valence-corrected chi connectivity index (χ0v) is 21.2. The fourth-order valence-electron chi connectivity index (χ4n) is 3.41. The predicted molar refractivity (Wildman–Crippen MR) is 122 cm³/mol. The van der Waals surface area contributed by atoms with Gasteiger partial charge in [-0.2, -0.15) is 0 Å². The molecule has 0 radical (unpaired) electrons. The minimum Gasteiger partial charge on any atom is -0.433 e. The van der Waals surface area contributed by atoms with Crippen molar-refractivity contribution >= 4 is 30.4 Å². The van der Waals surface area contributed by atoms with Gasteiger partial charge < -0.3 is 18.1 Å². The fourth-order valence-corrected chi connectivity index (χ4v) is 17.1. The summed E-state index contributed by atoms with van der Waals surface area (Å²) in [6.45, 7) is 14.9. The van der Waals surface area contributed by atoms with E-state index in [2.05, 4.69) is 70.0 Å². The SMILES string of the molecule is CCCC[Si](C)(C)O[Si](C)(O[Si](C)(C)CCCOCCO)c1ccccc1. The van der Waals surface area contributed by atoms with E-state index in [4.69, 9.17) is 18.1 Å². The molecule has 0 spiro atoms. The Balaban J connectivity index is 2.88. The van der Waals surface area contributed by atoms with E-state index >= 15 is 0 Å². The first-order chi connectivity index (χ1) is 12.6. The second-order valence-electron chi connectivity index (χ2n) is 8.58. The van der Waals surface area contributed by atoms with E-state index in [9.17, 15) is 0 Å². The standard InChI is InChI=1S/C20H40O4Si3/c1-7-8-18-25(2,3)23-27(6,20-13-10-9-11-14-20)24-26(4,5)19-12-16-22-17-15-21/h9-11,13-14,21H,7-8,12,15-19H2,1-6H3. The maximum atomic E-state index is 8.83. The molecule has 1 aromatic carbocycles. The van der Waals surface area contributed by atoms with Gasteiger partial charge in [0.1, 0.15) is 0 Å². The van der Waals surface area contributed by atoms with Gasteiger partial charge in [-0.25, -0.2) is 0 Å². The molecule has 0 fully saturated rings. The number of benzene rings is 1. The van der Waals surface area contributed by atoms with Crippen molar-refractivity contribution in [2.75, 3.05) is 19.8 Å². The molecule has 0 aromatic heterocycles. The van der Waals surface area contributed by atoms with Crippen LogP contribution in [0.25, 0.3) is 0 Å². The van der Waals surface area contributed by atoms with Crippen LogP contribution in [0.15, 0.2) is 30.3 Å². The van der Waals surface area contributed by atoms with E-state index in [1.54, 1.807) is 0 Å². The van der Waals surface area contributed by atoms with Gasteiger partial charge in [0.05, 0.1) is 13.2 Å². The topological polar surface area (TPSA) is 47.9 Å². The number of hydrogen-bond acceptors (Lipinski definition) is 4. The third-order valence-corrected chi connectivity index (χ3v) is 16.7. The molecule has 0 aliphatic rings. The lowest BCUT2D eigenvalue weighted by Crippen LogP contribution is -2.61. The fraction of sp³-hybridized carbons (Fsp3) is 0.700. The maximum absolute atomic E-state index is 8.83. The van der Waals surface area contributed by atoms with Crippen molar-refractivity contribution in [1.82, 2.24) is 0 Å². The van der Waals surface area contributed by atoms with Crippen LogP contribution in [0.4, 0.5) is 0 Å². The zero-order chi connectivity index (χ0) is 20.4. The van der Waals surface area contributed by atoms with Crippen LogP contribution in [-0.4, -0.2) is 50.1 Å². The zero-order valence-electron chi connectivity index (χ0n) is 18.2. The highest BCUT2D eigenvalue weighted by atomic mass is 28.5. The van der Waals surface area contributed by atoms with Gasteiger partial charge in [0.2, 0.25) is 0 Å². The molecule has 0 aliphatic carbocycles. The van der Waals surface area contributed by atoms with Gasteiger partial charge in [0.25, 0.3) is 0 Å². The molecule has 1 rings (SSSR count). The minimum atomic E-state index is -2.48. The van der Waals surface area contributed by atoms with Crippen LogP contribution < -0.4 is 5.19 Å². The first-order valence-corrected chi connectivity index (χ1v) is 18.8. The van der Waals surface area contributed by atoms with Crippen LogP contribution in [-0.2, 0) is 13.0 Å². The van der Waals surface area contributed by atoms with Crippen molar-refractivity contribution in [2.45, 2.75) is 71.0 Å². The third-order valence-electron chi connectivity index (χ3n) is 4.68. The van der Waals surface area contributed by atoms with E-state index in [0.717, 1.165) is 12.5 Å². The van der Waals surface area contributed by atoms with Crippen molar-refractivity contribution in [3.63, 3.8) is 0 Å². The Bertz CT molecular complexity index is 525. The lowest BCUT2D eigenvalue weighted by atomic mass is 10.4. The molecule has 1 atom stereocenters. The maximum Gasteiger partial charge on any atom is 0.348 e.